The number of thiazole rings is 1. The van der Waals surface area contributed by atoms with Crippen molar-refractivity contribution in [3.63, 3.8) is 0 Å². The quantitative estimate of drug-likeness (QED) is 0.226. The Morgan fingerprint density at radius 3 is 2.75 bits per heavy atom. The van der Waals surface area contributed by atoms with Gasteiger partial charge in [0.2, 0.25) is 11.7 Å². The summed E-state index contributed by atoms with van der Waals surface area (Å²) in [7, 11) is 0. The van der Waals surface area contributed by atoms with E-state index >= 15 is 0 Å². The topological polar surface area (TPSA) is 85.8 Å². The summed E-state index contributed by atoms with van der Waals surface area (Å²) >= 11 is 9.00. The van der Waals surface area contributed by atoms with Gasteiger partial charge in [-0.2, -0.15) is 0 Å². The van der Waals surface area contributed by atoms with Crippen molar-refractivity contribution in [2.45, 2.75) is 25.4 Å². The van der Waals surface area contributed by atoms with Crippen molar-refractivity contribution in [1.29, 1.82) is 0 Å². The van der Waals surface area contributed by atoms with E-state index in [2.05, 4.69) is 26.6 Å². The molecule has 182 valence electrons. The van der Waals surface area contributed by atoms with Gasteiger partial charge in [0.05, 0.1) is 17.7 Å². The lowest BCUT2D eigenvalue weighted by Gasteiger charge is -2.11. The molecule has 0 unspecified atom stereocenters. The molecule has 36 heavy (non-hydrogen) atoms. The zero-order chi connectivity index (χ0) is 25.1. The van der Waals surface area contributed by atoms with Crippen molar-refractivity contribution in [2.75, 3.05) is 11.1 Å². The molecule has 5 aromatic rings. The predicted molar refractivity (Wildman–Crippen MR) is 144 cm³/mol. The molecular weight excluding hydrogens is 514 g/mol. The minimum atomic E-state index is -0.168. The zero-order valence-corrected chi connectivity index (χ0v) is 22.0. The number of para-hydroxylation sites is 1. The third kappa shape index (κ3) is 5.38. The van der Waals surface area contributed by atoms with Gasteiger partial charge >= 0.3 is 0 Å². The van der Waals surface area contributed by atoms with Gasteiger partial charge in [0, 0.05) is 22.5 Å². The highest BCUT2D eigenvalue weighted by atomic mass is 35.5. The van der Waals surface area contributed by atoms with Crippen LogP contribution >= 0.6 is 34.7 Å². The number of carbonyl (C=O) groups is 1. The summed E-state index contributed by atoms with van der Waals surface area (Å²) in [6, 6.07) is 17.6. The summed E-state index contributed by atoms with van der Waals surface area (Å²) in [4.78, 5) is 18.1. The molecule has 0 atom stereocenters. The van der Waals surface area contributed by atoms with E-state index in [0.29, 0.717) is 28.3 Å². The highest BCUT2D eigenvalue weighted by Crippen LogP contribution is 2.30. The second-order valence-electron chi connectivity index (χ2n) is 8.13. The number of benzene rings is 2. The summed E-state index contributed by atoms with van der Waals surface area (Å²) in [6.07, 6.45) is 4.09. The largest absolute Gasteiger partial charge is 0.461 e. The summed E-state index contributed by atoms with van der Waals surface area (Å²) in [5, 5.41) is 13.5. The number of rotatable bonds is 8. The first-order chi connectivity index (χ1) is 17.5. The molecule has 0 saturated carbocycles. The first-order valence-corrected chi connectivity index (χ1v) is 13.3. The molecular formula is C26H22ClN5O2S2. The molecule has 0 saturated heterocycles. The Balaban J connectivity index is 1.27. The molecule has 0 bridgehead atoms. The number of aromatic nitrogens is 4. The van der Waals surface area contributed by atoms with Gasteiger partial charge in [0.1, 0.15) is 0 Å². The summed E-state index contributed by atoms with van der Waals surface area (Å²) in [6.45, 7) is 4.00. The highest BCUT2D eigenvalue weighted by molar-refractivity contribution is 7.99. The van der Waals surface area contributed by atoms with Gasteiger partial charge in [0.25, 0.3) is 0 Å². The molecule has 0 radical (unpaired) electrons. The molecule has 0 spiro atoms. The number of halogens is 1. The van der Waals surface area contributed by atoms with E-state index in [1.807, 2.05) is 66.9 Å². The fraction of sp³-hybridized carbons (Fsp3) is 0.154. The van der Waals surface area contributed by atoms with Gasteiger partial charge in [-0.3, -0.25) is 9.36 Å². The van der Waals surface area contributed by atoms with Crippen LogP contribution in [0.1, 0.15) is 21.6 Å². The van der Waals surface area contributed by atoms with Crippen molar-refractivity contribution in [3.05, 3.63) is 93.6 Å². The standard InChI is InChI=1S/C26H22ClN5O2S2/c1-16-9-10-18(13-20(16)27)12-19-14-28-25(36-19)29-23(33)15-35-26-31-30-24(22-8-5-11-34-22)32(26)21-7-4-3-6-17(21)2/h3-11,13-14H,12,15H2,1-2H3,(H,28,29,33). The Morgan fingerprint density at radius 1 is 1.11 bits per heavy atom. The number of aryl methyl sites for hydroxylation is 2. The fourth-order valence-electron chi connectivity index (χ4n) is 3.64. The molecule has 0 aliphatic carbocycles. The van der Waals surface area contributed by atoms with E-state index in [-0.39, 0.29) is 11.7 Å². The number of nitrogens with one attached hydrogen (secondary N) is 1. The van der Waals surface area contributed by atoms with Crippen LogP contribution in [0.25, 0.3) is 17.3 Å². The van der Waals surface area contributed by atoms with E-state index in [0.717, 1.165) is 32.3 Å². The molecule has 1 amide bonds. The minimum Gasteiger partial charge on any atom is -0.461 e. The van der Waals surface area contributed by atoms with Crippen LogP contribution in [0.4, 0.5) is 5.13 Å². The van der Waals surface area contributed by atoms with Gasteiger partial charge < -0.3 is 9.73 Å². The summed E-state index contributed by atoms with van der Waals surface area (Å²) < 4.78 is 7.49. The lowest BCUT2D eigenvalue weighted by Crippen LogP contribution is -2.14. The van der Waals surface area contributed by atoms with Crippen molar-refractivity contribution >= 4 is 45.7 Å². The first-order valence-electron chi connectivity index (χ1n) is 11.2. The van der Waals surface area contributed by atoms with Gasteiger partial charge in [-0.1, -0.05) is 53.7 Å². The average Bonchev–Trinajstić information content (AvgIpc) is 3.62. The molecule has 5 rings (SSSR count). The Bertz CT molecular complexity index is 1510. The van der Waals surface area contributed by atoms with Crippen LogP contribution in [0.15, 0.2) is 76.6 Å². The number of nitrogens with zero attached hydrogens (tertiary/aromatic N) is 4. The number of hydrogen-bond donors (Lipinski definition) is 1. The van der Waals surface area contributed by atoms with E-state index in [1.165, 1.54) is 23.1 Å². The highest BCUT2D eigenvalue weighted by Gasteiger charge is 2.20. The summed E-state index contributed by atoms with van der Waals surface area (Å²) in [5.41, 5.74) is 4.13. The lowest BCUT2D eigenvalue weighted by atomic mass is 10.1. The van der Waals surface area contributed by atoms with Crippen LogP contribution in [0.3, 0.4) is 0 Å². The maximum Gasteiger partial charge on any atom is 0.236 e. The predicted octanol–water partition coefficient (Wildman–Crippen LogP) is 6.58. The number of anilines is 1. The van der Waals surface area contributed by atoms with Crippen molar-refractivity contribution < 1.29 is 9.21 Å². The first kappa shape index (κ1) is 24.3. The molecule has 3 aromatic heterocycles. The lowest BCUT2D eigenvalue weighted by molar-refractivity contribution is -0.113. The second-order valence-corrected chi connectivity index (χ2v) is 10.6. The fourth-order valence-corrected chi connectivity index (χ4v) is 5.45. The van der Waals surface area contributed by atoms with E-state index < -0.39 is 0 Å². The van der Waals surface area contributed by atoms with Gasteiger partial charge in [-0.05, 0) is 54.8 Å². The molecule has 0 fully saturated rings. The van der Waals surface area contributed by atoms with Gasteiger partial charge in [0.15, 0.2) is 16.0 Å². The number of furan rings is 1. The smallest absolute Gasteiger partial charge is 0.236 e. The van der Waals surface area contributed by atoms with Gasteiger partial charge in [-0.15, -0.1) is 21.5 Å². The Kier molecular flexibility index (Phi) is 7.22. The Morgan fingerprint density at radius 2 is 1.97 bits per heavy atom. The molecule has 1 N–H and O–H groups in total. The van der Waals surface area contributed by atoms with E-state index in [9.17, 15) is 4.79 Å². The van der Waals surface area contributed by atoms with Crippen molar-refractivity contribution in [3.8, 4) is 17.3 Å². The van der Waals surface area contributed by atoms with Crippen molar-refractivity contribution in [2.24, 2.45) is 0 Å². The van der Waals surface area contributed by atoms with Crippen LogP contribution in [-0.2, 0) is 11.2 Å². The molecule has 0 aliphatic heterocycles. The SMILES string of the molecule is Cc1ccc(Cc2cnc(NC(=O)CSc3nnc(-c4ccco4)n3-c3ccccc3C)s2)cc1Cl. The Labute approximate surface area is 221 Å². The maximum absolute atomic E-state index is 12.7. The Hall–Kier alpha value is -3.40. The molecule has 10 heteroatoms. The molecule has 2 aromatic carbocycles. The normalized spacial score (nSPS) is 11.1. The third-order valence-electron chi connectivity index (χ3n) is 5.48. The van der Waals surface area contributed by atoms with E-state index in [4.69, 9.17) is 16.0 Å². The average molecular weight is 536 g/mol. The number of thioether (sulfide) groups is 1. The minimum absolute atomic E-state index is 0.157. The van der Waals surface area contributed by atoms with Crippen LogP contribution < -0.4 is 5.32 Å². The number of hydrogen-bond acceptors (Lipinski definition) is 7. The molecule has 0 aliphatic rings. The van der Waals surface area contributed by atoms with Crippen LogP contribution in [0, 0.1) is 13.8 Å². The number of amides is 1. The maximum atomic E-state index is 12.7. The third-order valence-corrected chi connectivity index (χ3v) is 7.73. The van der Waals surface area contributed by atoms with Crippen molar-refractivity contribution in [1.82, 2.24) is 19.7 Å². The molecule has 3 heterocycles. The van der Waals surface area contributed by atoms with Gasteiger partial charge in [-0.25, -0.2) is 4.98 Å². The van der Waals surface area contributed by atoms with E-state index in [1.54, 1.807) is 12.5 Å². The van der Waals surface area contributed by atoms with Crippen LogP contribution in [0.5, 0.6) is 0 Å². The molecule has 7 nitrogen and oxygen atoms in total. The second kappa shape index (κ2) is 10.7. The number of carbonyl (C=O) groups excluding carboxylic acids is 1. The monoisotopic (exact) mass is 535 g/mol. The zero-order valence-electron chi connectivity index (χ0n) is 19.6. The van der Waals surface area contributed by atoms with Crippen LogP contribution in [0.2, 0.25) is 5.02 Å². The summed E-state index contributed by atoms with van der Waals surface area (Å²) in [5.74, 6) is 1.17. The van der Waals surface area contributed by atoms with Crippen LogP contribution in [-0.4, -0.2) is 31.4 Å².